The first-order valence-electron chi connectivity index (χ1n) is 8.68. The molecule has 3 heterocycles. The fraction of sp³-hybridized carbons (Fsp3) is 0.389. The molecule has 1 aliphatic rings. The van der Waals surface area contributed by atoms with Gasteiger partial charge in [-0.05, 0) is 38.0 Å². The molecular formula is C18H21N5O2S. The van der Waals surface area contributed by atoms with Crippen LogP contribution in [0.4, 0.5) is 5.13 Å². The summed E-state index contributed by atoms with van der Waals surface area (Å²) in [6.45, 7) is 3.41. The molecule has 7 nitrogen and oxygen atoms in total. The lowest BCUT2D eigenvalue weighted by atomic mass is 10.0. The van der Waals surface area contributed by atoms with E-state index in [1.165, 1.54) is 4.57 Å². The number of aryl methyl sites for hydroxylation is 2. The van der Waals surface area contributed by atoms with E-state index in [9.17, 15) is 9.59 Å². The van der Waals surface area contributed by atoms with Gasteiger partial charge in [0.15, 0.2) is 5.13 Å². The van der Waals surface area contributed by atoms with Crippen LogP contribution < -0.4 is 11.0 Å². The summed E-state index contributed by atoms with van der Waals surface area (Å²) in [5.74, 6) is 0.0177. The minimum absolute atomic E-state index is 0.0177. The highest BCUT2D eigenvalue weighted by molar-refractivity contribution is 7.13. The summed E-state index contributed by atoms with van der Waals surface area (Å²) >= 11 is 1.62. The van der Waals surface area contributed by atoms with Gasteiger partial charge in [0.1, 0.15) is 0 Å². The molecule has 3 aromatic rings. The number of nitrogens with one attached hydrogen (secondary N) is 2. The van der Waals surface area contributed by atoms with Crippen LogP contribution in [0.25, 0.3) is 11.0 Å². The first-order valence-corrected chi connectivity index (χ1v) is 9.56. The number of hydrogen-bond acceptors (Lipinski definition) is 5. The number of piperidine rings is 1. The first kappa shape index (κ1) is 16.8. The van der Waals surface area contributed by atoms with Gasteiger partial charge in [-0.1, -0.05) is 0 Å². The van der Waals surface area contributed by atoms with Crippen molar-refractivity contribution in [3.8, 4) is 0 Å². The molecule has 1 saturated heterocycles. The van der Waals surface area contributed by atoms with Gasteiger partial charge in [0.25, 0.3) is 5.91 Å². The number of imidazole rings is 1. The van der Waals surface area contributed by atoms with Crippen LogP contribution in [0, 0.1) is 6.92 Å². The summed E-state index contributed by atoms with van der Waals surface area (Å²) in [6.07, 6.45) is 1.80. The number of anilines is 1. The maximum Gasteiger partial charge on any atom is 0.326 e. The number of carbonyl (C=O) groups excluding carboxylic acids is 1. The molecule has 0 bridgehead atoms. The number of amides is 1. The lowest BCUT2D eigenvalue weighted by Crippen LogP contribution is -2.42. The van der Waals surface area contributed by atoms with Gasteiger partial charge in [-0.2, -0.15) is 0 Å². The monoisotopic (exact) mass is 371 g/mol. The lowest BCUT2D eigenvalue weighted by Gasteiger charge is -2.32. The number of fused-ring (bicyclic) bond motifs is 1. The van der Waals surface area contributed by atoms with Gasteiger partial charge in [-0.3, -0.25) is 9.36 Å². The molecule has 26 heavy (non-hydrogen) atoms. The van der Waals surface area contributed by atoms with E-state index in [1.54, 1.807) is 36.6 Å². The Kier molecular flexibility index (Phi) is 4.28. The third kappa shape index (κ3) is 3.12. The first-order chi connectivity index (χ1) is 12.5. The van der Waals surface area contributed by atoms with E-state index < -0.39 is 0 Å². The molecule has 0 saturated carbocycles. The van der Waals surface area contributed by atoms with E-state index in [0.29, 0.717) is 24.7 Å². The molecule has 8 heteroatoms. The second kappa shape index (κ2) is 6.60. The molecule has 0 atom stereocenters. The van der Waals surface area contributed by atoms with Gasteiger partial charge in [-0.25, -0.2) is 9.78 Å². The number of carbonyl (C=O) groups is 1. The van der Waals surface area contributed by atoms with Gasteiger partial charge in [0, 0.05) is 37.1 Å². The average molecular weight is 371 g/mol. The molecule has 0 unspecified atom stereocenters. The van der Waals surface area contributed by atoms with Crippen LogP contribution in [0.3, 0.4) is 0 Å². The molecule has 1 aliphatic heterocycles. The SMILES string of the molecule is Cc1csc(NC2CCN(C(=O)c3ccc4[nH]c(=O)n(C)c4c3)CC2)n1. The van der Waals surface area contributed by atoms with Crippen LogP contribution in [-0.2, 0) is 7.05 Å². The lowest BCUT2D eigenvalue weighted by molar-refractivity contribution is 0.0718. The van der Waals surface area contributed by atoms with Crippen LogP contribution in [0.1, 0.15) is 28.9 Å². The van der Waals surface area contributed by atoms with Crippen LogP contribution in [0.2, 0.25) is 0 Å². The van der Waals surface area contributed by atoms with E-state index in [2.05, 4.69) is 15.3 Å². The Bertz CT molecular complexity index is 1010. The Morgan fingerprint density at radius 2 is 2.12 bits per heavy atom. The molecular weight excluding hydrogens is 350 g/mol. The Morgan fingerprint density at radius 3 is 2.81 bits per heavy atom. The van der Waals surface area contributed by atoms with Crippen molar-refractivity contribution in [2.75, 3.05) is 18.4 Å². The van der Waals surface area contributed by atoms with Crippen LogP contribution in [-0.4, -0.2) is 44.5 Å². The molecule has 4 rings (SSSR count). The molecule has 2 aromatic heterocycles. The second-order valence-electron chi connectivity index (χ2n) is 6.73. The van der Waals surface area contributed by atoms with Gasteiger partial charge in [-0.15, -0.1) is 11.3 Å². The van der Waals surface area contributed by atoms with Gasteiger partial charge < -0.3 is 15.2 Å². The number of nitrogens with zero attached hydrogens (tertiary/aromatic N) is 3. The Labute approximate surface area is 154 Å². The average Bonchev–Trinajstić information content (AvgIpc) is 3.18. The van der Waals surface area contributed by atoms with E-state index >= 15 is 0 Å². The van der Waals surface area contributed by atoms with Crippen molar-refractivity contribution in [3.63, 3.8) is 0 Å². The van der Waals surface area contributed by atoms with Crippen molar-refractivity contribution in [2.24, 2.45) is 7.05 Å². The smallest absolute Gasteiger partial charge is 0.326 e. The van der Waals surface area contributed by atoms with Crippen molar-refractivity contribution < 1.29 is 4.79 Å². The zero-order valence-corrected chi connectivity index (χ0v) is 15.6. The molecule has 0 aliphatic carbocycles. The minimum Gasteiger partial charge on any atom is -0.359 e. The number of likely N-dealkylation sites (tertiary alicyclic amines) is 1. The Balaban J connectivity index is 1.43. The van der Waals surface area contributed by atoms with E-state index in [4.69, 9.17) is 0 Å². The van der Waals surface area contributed by atoms with Crippen molar-refractivity contribution in [3.05, 3.63) is 45.3 Å². The molecule has 0 radical (unpaired) electrons. The maximum absolute atomic E-state index is 12.8. The normalized spacial score (nSPS) is 15.5. The van der Waals surface area contributed by atoms with E-state index in [0.717, 1.165) is 34.7 Å². The summed E-state index contributed by atoms with van der Waals surface area (Å²) in [5, 5.41) is 6.45. The van der Waals surface area contributed by atoms with Crippen molar-refractivity contribution in [2.45, 2.75) is 25.8 Å². The zero-order chi connectivity index (χ0) is 18.3. The highest BCUT2D eigenvalue weighted by Gasteiger charge is 2.24. The molecule has 2 N–H and O–H groups in total. The van der Waals surface area contributed by atoms with Gasteiger partial charge in [0.05, 0.1) is 16.7 Å². The number of aromatic nitrogens is 3. The minimum atomic E-state index is -0.172. The number of thiazole rings is 1. The van der Waals surface area contributed by atoms with Crippen LogP contribution in [0.5, 0.6) is 0 Å². The summed E-state index contributed by atoms with van der Waals surface area (Å²) in [4.78, 5) is 33.6. The Hall–Kier alpha value is -2.61. The predicted octanol–water partition coefficient (Wildman–Crippen LogP) is 2.35. The quantitative estimate of drug-likeness (QED) is 0.740. The largest absolute Gasteiger partial charge is 0.359 e. The summed E-state index contributed by atoms with van der Waals surface area (Å²) < 4.78 is 1.53. The van der Waals surface area contributed by atoms with Gasteiger partial charge >= 0.3 is 5.69 Å². The van der Waals surface area contributed by atoms with Crippen molar-refractivity contribution in [1.29, 1.82) is 0 Å². The standard InChI is InChI=1S/C18H21N5O2S/c1-11-10-26-17(19-11)20-13-5-7-23(8-6-13)16(24)12-3-4-14-15(9-12)22(2)18(25)21-14/h3-4,9-10,13H,5-8H2,1-2H3,(H,19,20)(H,21,25). The number of hydrogen-bond donors (Lipinski definition) is 2. The number of rotatable bonds is 3. The maximum atomic E-state index is 12.8. The number of benzene rings is 1. The van der Waals surface area contributed by atoms with E-state index in [1.807, 2.05) is 17.2 Å². The molecule has 136 valence electrons. The Morgan fingerprint density at radius 1 is 1.35 bits per heavy atom. The van der Waals surface area contributed by atoms with Crippen molar-refractivity contribution >= 4 is 33.4 Å². The van der Waals surface area contributed by atoms with E-state index in [-0.39, 0.29) is 11.6 Å². The fourth-order valence-corrected chi connectivity index (χ4v) is 4.13. The summed E-state index contributed by atoms with van der Waals surface area (Å²) in [6, 6.07) is 5.71. The number of H-pyrrole nitrogens is 1. The van der Waals surface area contributed by atoms with Gasteiger partial charge in [0.2, 0.25) is 0 Å². The molecule has 1 aromatic carbocycles. The number of aromatic amines is 1. The third-order valence-electron chi connectivity index (χ3n) is 4.88. The summed E-state index contributed by atoms with van der Waals surface area (Å²) in [7, 11) is 1.70. The molecule has 1 fully saturated rings. The summed E-state index contributed by atoms with van der Waals surface area (Å²) in [5.41, 5.74) is 2.97. The third-order valence-corrected chi connectivity index (χ3v) is 5.77. The highest BCUT2D eigenvalue weighted by Crippen LogP contribution is 2.21. The highest BCUT2D eigenvalue weighted by atomic mass is 32.1. The fourth-order valence-electron chi connectivity index (χ4n) is 3.36. The van der Waals surface area contributed by atoms with Crippen LogP contribution >= 0.6 is 11.3 Å². The second-order valence-corrected chi connectivity index (χ2v) is 7.58. The molecule has 1 amide bonds. The topological polar surface area (TPSA) is 83.0 Å². The van der Waals surface area contributed by atoms with Crippen molar-refractivity contribution in [1.82, 2.24) is 19.4 Å². The molecule has 0 spiro atoms. The zero-order valence-electron chi connectivity index (χ0n) is 14.8. The predicted molar refractivity (Wildman–Crippen MR) is 103 cm³/mol. The van der Waals surface area contributed by atoms with Crippen LogP contribution in [0.15, 0.2) is 28.4 Å².